The second-order valence-electron chi connectivity index (χ2n) is 10.4. The molecule has 0 fully saturated rings. The summed E-state index contributed by atoms with van der Waals surface area (Å²) in [6.45, 7) is 0. The summed E-state index contributed by atoms with van der Waals surface area (Å²) in [5, 5.41) is 24.4. The van der Waals surface area contributed by atoms with E-state index in [-0.39, 0.29) is 0 Å². The molecule has 0 aliphatic heterocycles. The Morgan fingerprint density at radius 2 is 1.12 bits per heavy atom. The number of thiophene rings is 1. The lowest BCUT2D eigenvalue weighted by atomic mass is 9.87. The van der Waals surface area contributed by atoms with Crippen LogP contribution in [0.1, 0.15) is 11.1 Å². The van der Waals surface area contributed by atoms with Crippen LogP contribution in [0.15, 0.2) is 126 Å². The smallest absolute Gasteiger partial charge is 0.135 e. The molecule has 2 aromatic heterocycles. The van der Waals surface area contributed by atoms with E-state index >= 15 is 0 Å². The van der Waals surface area contributed by atoms with Crippen molar-refractivity contribution in [1.29, 1.82) is 10.5 Å². The highest BCUT2D eigenvalue weighted by molar-refractivity contribution is 7.25. The molecular weight excluding hydrogens is 532 g/mol. The Bertz CT molecular complexity index is 2430. The fourth-order valence-electron chi connectivity index (χ4n) is 5.91. The predicted molar refractivity (Wildman–Crippen MR) is 172 cm³/mol. The highest BCUT2D eigenvalue weighted by atomic mass is 32.1. The Hall–Kier alpha value is -5.68. The molecule has 0 unspecified atom stereocenters. The second kappa shape index (κ2) is 9.46. The monoisotopic (exact) mass is 552 g/mol. The summed E-state index contributed by atoms with van der Waals surface area (Å²) in [4.78, 5) is 0. The van der Waals surface area contributed by atoms with Crippen LogP contribution in [0.3, 0.4) is 0 Å². The minimum atomic E-state index is 0.584. The van der Waals surface area contributed by atoms with Gasteiger partial charge in [0.05, 0.1) is 17.2 Å². The van der Waals surface area contributed by atoms with Gasteiger partial charge in [-0.15, -0.1) is 11.3 Å². The molecule has 0 radical (unpaired) electrons. The zero-order valence-corrected chi connectivity index (χ0v) is 23.1. The van der Waals surface area contributed by atoms with Crippen molar-refractivity contribution in [3.63, 3.8) is 0 Å². The van der Waals surface area contributed by atoms with Crippen LogP contribution < -0.4 is 0 Å². The molecule has 0 amide bonds. The average Bonchev–Trinajstić information content (AvgIpc) is 3.61. The molecule has 8 aromatic rings. The van der Waals surface area contributed by atoms with Crippen molar-refractivity contribution in [2.45, 2.75) is 0 Å². The fraction of sp³-hybridized carbons (Fsp3) is 0. The van der Waals surface area contributed by atoms with E-state index in [0.29, 0.717) is 11.1 Å². The molecule has 0 saturated carbocycles. The molecule has 2 heterocycles. The number of nitrogens with zero attached hydrogens (tertiary/aromatic N) is 2. The fourth-order valence-corrected chi connectivity index (χ4v) is 6.99. The summed E-state index contributed by atoms with van der Waals surface area (Å²) in [7, 11) is 0. The Morgan fingerprint density at radius 3 is 1.93 bits per heavy atom. The van der Waals surface area contributed by atoms with Gasteiger partial charge in [-0.05, 0) is 82.9 Å². The van der Waals surface area contributed by atoms with Crippen LogP contribution in [-0.2, 0) is 0 Å². The van der Waals surface area contributed by atoms with Gasteiger partial charge < -0.3 is 4.42 Å². The molecule has 194 valence electrons. The number of hydrogen-bond acceptors (Lipinski definition) is 4. The zero-order chi connectivity index (χ0) is 28.2. The molecular formula is C38H20N2OS. The van der Waals surface area contributed by atoms with Crippen molar-refractivity contribution < 1.29 is 4.42 Å². The van der Waals surface area contributed by atoms with Crippen LogP contribution in [0.25, 0.3) is 75.5 Å². The molecule has 0 bridgehead atoms. The van der Waals surface area contributed by atoms with Crippen LogP contribution in [0, 0.1) is 22.7 Å². The van der Waals surface area contributed by atoms with E-state index in [4.69, 9.17) is 4.42 Å². The minimum absolute atomic E-state index is 0.584. The average molecular weight is 553 g/mol. The first kappa shape index (κ1) is 24.1. The van der Waals surface area contributed by atoms with Gasteiger partial charge in [0.2, 0.25) is 0 Å². The summed E-state index contributed by atoms with van der Waals surface area (Å²) in [5.41, 5.74) is 8.48. The topological polar surface area (TPSA) is 60.7 Å². The minimum Gasteiger partial charge on any atom is -0.456 e. The Kier molecular flexibility index (Phi) is 5.44. The van der Waals surface area contributed by atoms with Crippen LogP contribution >= 0.6 is 11.3 Å². The Balaban J connectivity index is 1.40. The predicted octanol–water partition coefficient (Wildman–Crippen LogP) is 10.7. The van der Waals surface area contributed by atoms with E-state index in [0.717, 1.165) is 55.3 Å². The van der Waals surface area contributed by atoms with Crippen molar-refractivity contribution in [2.75, 3.05) is 0 Å². The van der Waals surface area contributed by atoms with Gasteiger partial charge in [0.1, 0.15) is 17.2 Å². The lowest BCUT2D eigenvalue weighted by molar-refractivity contribution is 0.669. The maximum atomic E-state index is 10.5. The number of rotatable bonds is 3. The molecule has 4 heteroatoms. The second-order valence-corrected chi connectivity index (χ2v) is 11.4. The van der Waals surface area contributed by atoms with Gasteiger partial charge in [-0.2, -0.15) is 10.5 Å². The summed E-state index contributed by atoms with van der Waals surface area (Å²) in [6.07, 6.45) is 0. The highest BCUT2D eigenvalue weighted by Gasteiger charge is 2.18. The molecule has 8 rings (SSSR count). The number of furan rings is 1. The molecule has 6 aromatic carbocycles. The van der Waals surface area contributed by atoms with Gasteiger partial charge in [-0.25, -0.2) is 0 Å². The number of nitriles is 2. The Labute approximate surface area is 245 Å². The molecule has 0 saturated heterocycles. The normalized spacial score (nSPS) is 11.3. The van der Waals surface area contributed by atoms with Crippen LogP contribution in [-0.4, -0.2) is 0 Å². The van der Waals surface area contributed by atoms with E-state index < -0.39 is 0 Å². The number of hydrogen-bond donors (Lipinski definition) is 0. The van der Waals surface area contributed by atoms with Gasteiger partial charge in [-0.1, -0.05) is 60.7 Å². The third kappa shape index (κ3) is 3.79. The van der Waals surface area contributed by atoms with Gasteiger partial charge in [0.25, 0.3) is 0 Å². The van der Waals surface area contributed by atoms with Gasteiger partial charge in [0, 0.05) is 42.1 Å². The lowest BCUT2D eigenvalue weighted by Gasteiger charge is -2.15. The summed E-state index contributed by atoms with van der Waals surface area (Å²) < 4.78 is 8.60. The highest BCUT2D eigenvalue weighted by Crippen LogP contribution is 2.41. The van der Waals surface area contributed by atoms with Gasteiger partial charge in [0.15, 0.2) is 0 Å². The summed E-state index contributed by atoms with van der Waals surface area (Å²) in [6, 6.07) is 45.7. The van der Waals surface area contributed by atoms with E-state index in [1.165, 1.54) is 20.2 Å². The summed E-state index contributed by atoms with van der Waals surface area (Å²) in [5.74, 6) is 0. The quantitative estimate of drug-likeness (QED) is 0.219. The van der Waals surface area contributed by atoms with Crippen molar-refractivity contribution in [3.05, 3.63) is 132 Å². The van der Waals surface area contributed by atoms with Crippen LogP contribution in [0.5, 0.6) is 0 Å². The van der Waals surface area contributed by atoms with Crippen molar-refractivity contribution in [1.82, 2.24) is 0 Å². The standard InChI is InChI=1S/C38H20N2OS/c39-21-23-9-11-24(12-10-23)30-19-27(25-14-16-38-33(17-25)29-6-2-4-8-37(29)42-38)20-31(34(30)22-40)26-13-15-36-32(18-26)28-5-1-3-7-35(28)41-36/h1-20H. The first-order valence-electron chi connectivity index (χ1n) is 13.6. The zero-order valence-electron chi connectivity index (χ0n) is 22.3. The first-order chi connectivity index (χ1) is 20.7. The number of para-hydroxylation sites is 1. The van der Waals surface area contributed by atoms with E-state index in [1.807, 2.05) is 42.5 Å². The van der Waals surface area contributed by atoms with Crippen LogP contribution in [0.4, 0.5) is 0 Å². The van der Waals surface area contributed by atoms with Crippen molar-refractivity contribution in [3.8, 4) is 45.5 Å². The maximum Gasteiger partial charge on any atom is 0.135 e. The van der Waals surface area contributed by atoms with E-state index in [9.17, 15) is 10.5 Å². The molecule has 0 N–H and O–H groups in total. The van der Waals surface area contributed by atoms with Gasteiger partial charge >= 0.3 is 0 Å². The van der Waals surface area contributed by atoms with Crippen molar-refractivity contribution >= 4 is 53.4 Å². The van der Waals surface area contributed by atoms with Crippen molar-refractivity contribution in [2.24, 2.45) is 0 Å². The van der Waals surface area contributed by atoms with Gasteiger partial charge in [-0.3, -0.25) is 0 Å². The lowest BCUT2D eigenvalue weighted by Crippen LogP contribution is -1.93. The third-order valence-electron chi connectivity index (χ3n) is 7.97. The molecule has 0 aliphatic rings. The van der Waals surface area contributed by atoms with E-state index in [1.54, 1.807) is 23.5 Å². The Morgan fingerprint density at radius 1 is 0.476 bits per heavy atom. The third-order valence-corrected chi connectivity index (χ3v) is 9.12. The molecule has 0 spiro atoms. The molecule has 0 aliphatic carbocycles. The van der Waals surface area contributed by atoms with E-state index in [2.05, 4.69) is 78.9 Å². The maximum absolute atomic E-state index is 10.5. The number of fused-ring (bicyclic) bond motifs is 6. The first-order valence-corrected chi connectivity index (χ1v) is 14.4. The molecule has 3 nitrogen and oxygen atoms in total. The van der Waals surface area contributed by atoms with Crippen LogP contribution in [0.2, 0.25) is 0 Å². The largest absolute Gasteiger partial charge is 0.456 e. The number of benzene rings is 6. The molecule has 0 atom stereocenters. The SMILES string of the molecule is N#Cc1ccc(-c2cc(-c3ccc4sc5ccccc5c4c3)cc(-c3ccc4oc5ccccc5c4c3)c2C#N)cc1. The molecule has 42 heavy (non-hydrogen) atoms. The summed E-state index contributed by atoms with van der Waals surface area (Å²) >= 11 is 1.80.